The number of rotatable bonds is 11. The highest BCUT2D eigenvalue weighted by molar-refractivity contribution is 7.33. The van der Waals surface area contributed by atoms with Gasteiger partial charge in [-0.25, -0.2) is 0 Å². The number of phenols is 1. The van der Waals surface area contributed by atoms with Gasteiger partial charge in [0.2, 0.25) is 7.42 Å². The summed E-state index contributed by atoms with van der Waals surface area (Å²) in [6.45, 7) is 2.25. The van der Waals surface area contributed by atoms with Gasteiger partial charge in [0.05, 0.1) is 0 Å². The van der Waals surface area contributed by atoms with Crippen molar-refractivity contribution in [2.75, 3.05) is 0 Å². The Kier molecular flexibility index (Phi) is 9.59. The summed E-state index contributed by atoms with van der Waals surface area (Å²) in [7, 11) is -1.56. The van der Waals surface area contributed by atoms with Crippen LogP contribution in [0.15, 0.2) is 42.5 Å². The summed E-state index contributed by atoms with van der Waals surface area (Å²) in [5.41, 5.74) is 4.98. The molecule has 0 saturated carbocycles. The van der Waals surface area contributed by atoms with Crippen molar-refractivity contribution in [3.8, 4) is 16.9 Å². The molecule has 0 aliphatic rings. The smallest absolute Gasteiger partial charge is 0.237 e. The van der Waals surface area contributed by atoms with Crippen LogP contribution in [0.4, 0.5) is 0 Å². The maximum absolute atomic E-state index is 9.85. The standard InChI is InChI=1S/C22H30Cl2OSi/c1-2-3-4-5-6-8-18-10-12-19(13-11-18)22-15-14-21(25)17-20(22)9-7-16-26(23)24/h10-15,17,25-26H,2-9,16H2,1H3. The Morgan fingerprint density at radius 3 is 2.27 bits per heavy atom. The summed E-state index contributed by atoms with van der Waals surface area (Å²) in [5.74, 6) is 0.318. The molecule has 0 aliphatic carbocycles. The second-order valence-electron chi connectivity index (χ2n) is 6.99. The number of hydrogen-bond acceptors (Lipinski definition) is 1. The molecule has 2 aromatic carbocycles. The lowest BCUT2D eigenvalue weighted by Gasteiger charge is -2.12. The summed E-state index contributed by atoms with van der Waals surface area (Å²) in [4.78, 5) is 0. The van der Waals surface area contributed by atoms with E-state index in [2.05, 4.69) is 31.2 Å². The zero-order valence-corrected chi connectivity index (χ0v) is 18.4. The van der Waals surface area contributed by atoms with E-state index in [1.807, 2.05) is 12.1 Å². The molecule has 26 heavy (non-hydrogen) atoms. The fourth-order valence-electron chi connectivity index (χ4n) is 3.30. The normalized spacial score (nSPS) is 11.2. The van der Waals surface area contributed by atoms with Crippen LogP contribution in [0.3, 0.4) is 0 Å². The Balaban J connectivity index is 2.01. The number of aryl methyl sites for hydroxylation is 2. The molecule has 0 spiro atoms. The third-order valence-electron chi connectivity index (χ3n) is 4.79. The highest BCUT2D eigenvalue weighted by Crippen LogP contribution is 2.29. The summed E-state index contributed by atoms with van der Waals surface area (Å²) in [6, 6.07) is 15.4. The van der Waals surface area contributed by atoms with Crippen LogP contribution in [0.5, 0.6) is 5.75 Å². The fraction of sp³-hybridized carbons (Fsp3) is 0.455. The first kappa shape index (κ1) is 21.3. The fourth-order valence-corrected chi connectivity index (χ4v) is 4.74. The monoisotopic (exact) mass is 408 g/mol. The molecule has 0 aliphatic heterocycles. The Bertz CT molecular complexity index is 656. The van der Waals surface area contributed by atoms with Crippen LogP contribution in [0, 0.1) is 0 Å². The van der Waals surface area contributed by atoms with Crippen molar-refractivity contribution < 1.29 is 5.11 Å². The maximum Gasteiger partial charge on any atom is 0.237 e. The lowest BCUT2D eigenvalue weighted by Crippen LogP contribution is -1.96. The predicted octanol–water partition coefficient (Wildman–Crippen LogP) is 7.20. The number of hydrogen-bond donors (Lipinski definition) is 1. The van der Waals surface area contributed by atoms with E-state index >= 15 is 0 Å². The molecule has 1 nitrogen and oxygen atoms in total. The molecule has 0 bridgehead atoms. The Labute approximate surface area is 169 Å². The minimum Gasteiger partial charge on any atom is -0.508 e. The van der Waals surface area contributed by atoms with Crippen molar-refractivity contribution in [3.63, 3.8) is 0 Å². The van der Waals surface area contributed by atoms with Gasteiger partial charge in [0.1, 0.15) is 5.75 Å². The molecule has 0 heterocycles. The van der Waals surface area contributed by atoms with Gasteiger partial charge in [-0.3, -0.25) is 0 Å². The average molecular weight is 409 g/mol. The van der Waals surface area contributed by atoms with Crippen LogP contribution < -0.4 is 0 Å². The molecule has 0 fully saturated rings. The molecular formula is C22H30Cl2OSi. The van der Waals surface area contributed by atoms with Crippen LogP contribution in [-0.2, 0) is 12.8 Å². The first-order valence-corrected chi connectivity index (χ1v) is 14.1. The first-order chi connectivity index (χ1) is 12.6. The van der Waals surface area contributed by atoms with Crippen molar-refractivity contribution in [3.05, 3.63) is 53.6 Å². The summed E-state index contributed by atoms with van der Waals surface area (Å²) >= 11 is 11.9. The van der Waals surface area contributed by atoms with Gasteiger partial charge in [-0.2, -0.15) is 22.2 Å². The number of aromatic hydroxyl groups is 1. The van der Waals surface area contributed by atoms with Gasteiger partial charge in [0.15, 0.2) is 0 Å². The first-order valence-electron chi connectivity index (χ1n) is 9.79. The third-order valence-corrected chi connectivity index (χ3v) is 6.95. The highest BCUT2D eigenvalue weighted by atomic mass is 35.7. The number of phenolic OH excluding ortho intramolecular Hbond substituents is 1. The highest BCUT2D eigenvalue weighted by Gasteiger charge is 2.09. The molecule has 4 heteroatoms. The van der Waals surface area contributed by atoms with Crippen LogP contribution in [0.25, 0.3) is 11.1 Å². The molecule has 0 atom stereocenters. The third kappa shape index (κ3) is 7.34. The van der Waals surface area contributed by atoms with Crippen molar-refractivity contribution in [1.29, 1.82) is 0 Å². The van der Waals surface area contributed by atoms with Crippen LogP contribution >= 0.6 is 22.2 Å². The second kappa shape index (κ2) is 11.7. The topological polar surface area (TPSA) is 20.2 Å². The lowest BCUT2D eigenvalue weighted by molar-refractivity contribution is 0.474. The van der Waals surface area contributed by atoms with Crippen molar-refractivity contribution in [2.24, 2.45) is 0 Å². The summed E-state index contributed by atoms with van der Waals surface area (Å²) < 4.78 is 0. The van der Waals surface area contributed by atoms with Crippen LogP contribution in [-0.4, -0.2) is 12.5 Å². The number of halogens is 2. The Morgan fingerprint density at radius 1 is 0.846 bits per heavy atom. The van der Waals surface area contributed by atoms with Gasteiger partial charge in [0, 0.05) is 0 Å². The number of unbranched alkanes of at least 4 members (excludes halogenated alkanes) is 4. The van der Waals surface area contributed by atoms with Crippen molar-refractivity contribution in [1.82, 2.24) is 0 Å². The molecule has 2 rings (SSSR count). The molecular weight excluding hydrogens is 379 g/mol. The zero-order chi connectivity index (χ0) is 18.8. The van der Waals surface area contributed by atoms with Crippen molar-refractivity contribution >= 4 is 29.6 Å². The van der Waals surface area contributed by atoms with Gasteiger partial charge in [0.25, 0.3) is 0 Å². The Hall–Kier alpha value is -0.963. The lowest BCUT2D eigenvalue weighted by atomic mass is 9.95. The van der Waals surface area contributed by atoms with E-state index in [1.54, 1.807) is 6.07 Å². The van der Waals surface area contributed by atoms with E-state index in [9.17, 15) is 5.11 Å². The molecule has 0 radical (unpaired) electrons. The molecule has 0 unspecified atom stereocenters. The molecule has 0 amide bonds. The van der Waals surface area contributed by atoms with E-state index in [0.29, 0.717) is 5.75 Å². The number of benzene rings is 2. The van der Waals surface area contributed by atoms with E-state index in [0.717, 1.165) is 25.3 Å². The van der Waals surface area contributed by atoms with Gasteiger partial charge in [-0.05, 0) is 66.1 Å². The summed E-state index contributed by atoms with van der Waals surface area (Å²) in [5, 5.41) is 9.85. The van der Waals surface area contributed by atoms with E-state index in [4.69, 9.17) is 22.2 Å². The van der Waals surface area contributed by atoms with Crippen LogP contribution in [0.1, 0.15) is 56.6 Å². The summed E-state index contributed by atoms with van der Waals surface area (Å²) in [6.07, 6.45) is 9.60. The van der Waals surface area contributed by atoms with Gasteiger partial charge in [-0.15, -0.1) is 0 Å². The molecule has 0 saturated heterocycles. The largest absolute Gasteiger partial charge is 0.508 e. The molecule has 2 aromatic rings. The maximum atomic E-state index is 9.85. The SMILES string of the molecule is CCCCCCCc1ccc(-c2ccc(O)cc2CCC[SiH](Cl)Cl)cc1. The second-order valence-corrected chi connectivity index (χ2v) is 12.2. The predicted molar refractivity (Wildman–Crippen MR) is 118 cm³/mol. The molecule has 0 aromatic heterocycles. The van der Waals surface area contributed by atoms with E-state index in [-0.39, 0.29) is 0 Å². The average Bonchev–Trinajstić information content (AvgIpc) is 2.62. The van der Waals surface area contributed by atoms with Crippen LogP contribution in [0.2, 0.25) is 6.04 Å². The van der Waals surface area contributed by atoms with Gasteiger partial charge >= 0.3 is 0 Å². The molecule has 142 valence electrons. The zero-order valence-electron chi connectivity index (χ0n) is 15.7. The van der Waals surface area contributed by atoms with E-state index in [1.165, 1.54) is 54.4 Å². The van der Waals surface area contributed by atoms with Gasteiger partial charge < -0.3 is 5.11 Å². The minimum atomic E-state index is -1.56. The molecule has 1 N–H and O–H groups in total. The minimum absolute atomic E-state index is 0.318. The Morgan fingerprint density at radius 2 is 1.58 bits per heavy atom. The van der Waals surface area contributed by atoms with Crippen molar-refractivity contribution in [2.45, 2.75) is 64.3 Å². The van der Waals surface area contributed by atoms with Gasteiger partial charge in [-0.1, -0.05) is 62.9 Å². The quantitative estimate of drug-likeness (QED) is 0.236. The van der Waals surface area contributed by atoms with E-state index < -0.39 is 7.42 Å².